The third-order valence-electron chi connectivity index (χ3n) is 6.96. The number of carboxylic acid groups (broad SMARTS) is 1. The SMILES string of the molecule is COCC1(CN[C@@H]2C[C@H]2c2ccccc2)CCN(CC2(C(=O)O)CC2)CC1. The normalized spacial score (nSPS) is 28.6. The summed E-state index contributed by atoms with van der Waals surface area (Å²) < 4.78 is 5.58. The van der Waals surface area contributed by atoms with E-state index >= 15 is 0 Å². The minimum atomic E-state index is -0.612. The van der Waals surface area contributed by atoms with Gasteiger partial charge < -0.3 is 20.1 Å². The van der Waals surface area contributed by atoms with Crippen LogP contribution in [0, 0.1) is 10.8 Å². The van der Waals surface area contributed by atoms with Gasteiger partial charge in [-0.2, -0.15) is 0 Å². The Morgan fingerprint density at radius 2 is 1.93 bits per heavy atom. The largest absolute Gasteiger partial charge is 0.481 e. The van der Waals surface area contributed by atoms with Gasteiger partial charge in [0, 0.05) is 37.6 Å². The molecular formula is C22H32N2O3. The average Bonchev–Trinajstić information content (AvgIpc) is 3.59. The molecule has 5 nitrogen and oxygen atoms in total. The molecule has 27 heavy (non-hydrogen) atoms. The topological polar surface area (TPSA) is 61.8 Å². The Labute approximate surface area is 162 Å². The molecule has 3 aliphatic rings. The number of rotatable bonds is 9. The fourth-order valence-corrected chi connectivity index (χ4v) is 4.72. The number of aliphatic carboxylic acids is 1. The molecule has 1 saturated heterocycles. The molecule has 0 aromatic heterocycles. The summed E-state index contributed by atoms with van der Waals surface area (Å²) in [5, 5.41) is 13.2. The summed E-state index contributed by atoms with van der Waals surface area (Å²) in [4.78, 5) is 13.8. The second kappa shape index (κ2) is 7.53. The van der Waals surface area contributed by atoms with Crippen LogP contribution in [-0.2, 0) is 9.53 Å². The number of methoxy groups -OCH3 is 1. The van der Waals surface area contributed by atoms with Crippen molar-refractivity contribution < 1.29 is 14.6 Å². The smallest absolute Gasteiger partial charge is 0.310 e. The van der Waals surface area contributed by atoms with E-state index in [9.17, 15) is 9.90 Å². The molecule has 5 heteroatoms. The number of likely N-dealkylation sites (tertiary alicyclic amines) is 1. The Balaban J connectivity index is 1.28. The van der Waals surface area contributed by atoms with Crippen LogP contribution in [-0.4, -0.2) is 61.9 Å². The number of carboxylic acids is 1. The highest BCUT2D eigenvalue weighted by Gasteiger charge is 2.52. The van der Waals surface area contributed by atoms with Gasteiger partial charge in [0.25, 0.3) is 0 Å². The molecule has 1 aliphatic heterocycles. The Morgan fingerprint density at radius 1 is 1.22 bits per heavy atom. The summed E-state index contributed by atoms with van der Waals surface area (Å²) in [7, 11) is 1.79. The van der Waals surface area contributed by atoms with Gasteiger partial charge >= 0.3 is 5.97 Å². The Hall–Kier alpha value is -1.43. The molecule has 2 aliphatic carbocycles. The zero-order valence-corrected chi connectivity index (χ0v) is 16.3. The highest BCUT2D eigenvalue weighted by Crippen LogP contribution is 2.47. The zero-order chi connectivity index (χ0) is 18.9. The molecule has 0 spiro atoms. The number of carbonyl (C=O) groups is 1. The first-order chi connectivity index (χ1) is 13.1. The van der Waals surface area contributed by atoms with Crippen LogP contribution in [0.3, 0.4) is 0 Å². The monoisotopic (exact) mass is 372 g/mol. The molecule has 0 radical (unpaired) electrons. The highest BCUT2D eigenvalue weighted by molar-refractivity contribution is 5.78. The first kappa shape index (κ1) is 18.9. The molecule has 3 fully saturated rings. The quantitative estimate of drug-likeness (QED) is 0.698. The fourth-order valence-electron chi connectivity index (χ4n) is 4.72. The molecule has 4 rings (SSSR count). The van der Waals surface area contributed by atoms with Crippen molar-refractivity contribution in [1.29, 1.82) is 0 Å². The summed E-state index contributed by atoms with van der Waals surface area (Å²) in [6.07, 6.45) is 5.05. The van der Waals surface area contributed by atoms with Crippen molar-refractivity contribution in [2.75, 3.05) is 39.9 Å². The molecule has 2 N–H and O–H groups in total. The van der Waals surface area contributed by atoms with Crippen LogP contribution in [0.1, 0.15) is 43.6 Å². The number of piperidine rings is 1. The van der Waals surface area contributed by atoms with Gasteiger partial charge in [0.1, 0.15) is 0 Å². The minimum Gasteiger partial charge on any atom is -0.481 e. The number of hydrogen-bond acceptors (Lipinski definition) is 4. The zero-order valence-electron chi connectivity index (χ0n) is 16.3. The third-order valence-corrected chi connectivity index (χ3v) is 6.96. The van der Waals surface area contributed by atoms with E-state index < -0.39 is 11.4 Å². The lowest BCUT2D eigenvalue weighted by Crippen LogP contribution is -2.49. The standard InChI is InChI=1S/C22H32N2O3/c1-27-16-21(14-23-19-13-18(19)17-5-3-2-4-6-17)9-11-24(12-10-21)15-22(7-8-22)20(25)26/h2-6,18-19,23H,7-16H2,1H3,(H,25,26)/t18-,19+/m0/s1. The van der Waals surface area contributed by atoms with Crippen LogP contribution in [0.4, 0.5) is 0 Å². The number of nitrogens with zero attached hydrogens (tertiary/aromatic N) is 1. The van der Waals surface area contributed by atoms with E-state index in [1.165, 1.54) is 12.0 Å². The van der Waals surface area contributed by atoms with Gasteiger partial charge in [-0.05, 0) is 50.8 Å². The van der Waals surface area contributed by atoms with Crippen LogP contribution in [0.25, 0.3) is 0 Å². The molecule has 2 saturated carbocycles. The minimum absolute atomic E-state index is 0.176. The second-order valence-corrected chi connectivity index (χ2v) is 9.03. The summed E-state index contributed by atoms with van der Waals surface area (Å²) in [6, 6.07) is 11.4. The predicted octanol–water partition coefficient (Wildman–Crippen LogP) is 2.73. The number of ether oxygens (including phenoxy) is 1. The van der Waals surface area contributed by atoms with Gasteiger partial charge in [-0.3, -0.25) is 4.79 Å². The Morgan fingerprint density at radius 3 is 2.52 bits per heavy atom. The molecule has 148 valence electrons. The van der Waals surface area contributed by atoms with Crippen molar-refractivity contribution in [3.05, 3.63) is 35.9 Å². The third kappa shape index (κ3) is 4.20. The summed E-state index contributed by atoms with van der Waals surface area (Å²) in [5.41, 5.74) is 1.17. The van der Waals surface area contributed by atoms with E-state index in [4.69, 9.17) is 4.74 Å². The van der Waals surface area contributed by atoms with Crippen molar-refractivity contribution >= 4 is 5.97 Å². The molecule has 2 atom stereocenters. The van der Waals surface area contributed by atoms with Gasteiger partial charge in [-0.1, -0.05) is 30.3 Å². The maximum Gasteiger partial charge on any atom is 0.310 e. The number of nitrogens with one attached hydrogen (secondary N) is 1. The predicted molar refractivity (Wildman–Crippen MR) is 105 cm³/mol. The molecule has 0 unspecified atom stereocenters. The van der Waals surface area contributed by atoms with E-state index in [0.29, 0.717) is 12.0 Å². The molecular weight excluding hydrogens is 340 g/mol. The van der Waals surface area contributed by atoms with E-state index in [2.05, 4.69) is 40.5 Å². The van der Waals surface area contributed by atoms with Gasteiger partial charge in [0.05, 0.1) is 12.0 Å². The first-order valence-electron chi connectivity index (χ1n) is 10.3. The van der Waals surface area contributed by atoms with E-state index in [-0.39, 0.29) is 5.41 Å². The lowest BCUT2D eigenvalue weighted by Gasteiger charge is -2.42. The molecule has 0 amide bonds. The maximum absolute atomic E-state index is 11.5. The molecule has 1 heterocycles. The van der Waals surface area contributed by atoms with Gasteiger partial charge in [0.2, 0.25) is 0 Å². The van der Waals surface area contributed by atoms with Crippen molar-refractivity contribution in [3.8, 4) is 0 Å². The molecule has 1 aromatic rings. The lowest BCUT2D eigenvalue weighted by molar-refractivity contribution is -0.144. The summed E-state index contributed by atoms with van der Waals surface area (Å²) in [5.74, 6) is 0.0368. The number of benzene rings is 1. The van der Waals surface area contributed by atoms with Crippen LogP contribution in [0.5, 0.6) is 0 Å². The van der Waals surface area contributed by atoms with Crippen molar-refractivity contribution in [2.45, 2.75) is 44.1 Å². The highest BCUT2D eigenvalue weighted by atomic mass is 16.5. The van der Waals surface area contributed by atoms with Crippen molar-refractivity contribution in [3.63, 3.8) is 0 Å². The first-order valence-corrected chi connectivity index (χ1v) is 10.3. The Kier molecular flexibility index (Phi) is 5.28. The second-order valence-electron chi connectivity index (χ2n) is 9.03. The van der Waals surface area contributed by atoms with Gasteiger partial charge in [-0.15, -0.1) is 0 Å². The van der Waals surface area contributed by atoms with E-state index in [1.54, 1.807) is 7.11 Å². The average molecular weight is 373 g/mol. The summed E-state index contributed by atoms with van der Waals surface area (Å²) in [6.45, 7) is 4.45. The maximum atomic E-state index is 11.5. The number of hydrogen-bond donors (Lipinski definition) is 2. The van der Waals surface area contributed by atoms with E-state index in [1.807, 2.05) is 0 Å². The molecule has 0 bridgehead atoms. The van der Waals surface area contributed by atoms with Crippen LogP contribution >= 0.6 is 0 Å². The van der Waals surface area contributed by atoms with Gasteiger partial charge in [0.15, 0.2) is 0 Å². The van der Waals surface area contributed by atoms with Gasteiger partial charge in [-0.25, -0.2) is 0 Å². The Bertz CT molecular complexity index is 651. The van der Waals surface area contributed by atoms with Crippen LogP contribution < -0.4 is 5.32 Å². The molecule has 1 aromatic carbocycles. The van der Waals surface area contributed by atoms with Crippen LogP contribution in [0.15, 0.2) is 30.3 Å². The summed E-state index contributed by atoms with van der Waals surface area (Å²) >= 11 is 0. The lowest BCUT2D eigenvalue weighted by atomic mass is 9.78. The van der Waals surface area contributed by atoms with Crippen molar-refractivity contribution in [2.24, 2.45) is 10.8 Å². The van der Waals surface area contributed by atoms with E-state index in [0.717, 1.165) is 58.5 Å². The van der Waals surface area contributed by atoms with Crippen LogP contribution in [0.2, 0.25) is 0 Å². The van der Waals surface area contributed by atoms with Crippen molar-refractivity contribution in [1.82, 2.24) is 10.2 Å². The fraction of sp³-hybridized carbons (Fsp3) is 0.682.